The summed E-state index contributed by atoms with van der Waals surface area (Å²) in [5.41, 5.74) is 0.708. The van der Waals surface area contributed by atoms with Crippen LogP contribution in [0, 0.1) is 0 Å². The molecule has 10 heteroatoms. The summed E-state index contributed by atoms with van der Waals surface area (Å²) in [6.07, 6.45) is 1.64. The molecule has 0 aliphatic rings. The van der Waals surface area contributed by atoms with Crippen LogP contribution in [0.2, 0.25) is 0 Å². The molecule has 24 heavy (non-hydrogen) atoms. The summed E-state index contributed by atoms with van der Waals surface area (Å²) < 4.78 is 6.89. The van der Waals surface area contributed by atoms with Crippen LogP contribution in [-0.4, -0.2) is 43.5 Å². The van der Waals surface area contributed by atoms with Crippen molar-refractivity contribution in [2.75, 3.05) is 12.4 Å². The predicted molar refractivity (Wildman–Crippen MR) is 91.8 cm³/mol. The first-order chi connectivity index (χ1) is 11.7. The average molecular weight is 362 g/mol. The van der Waals surface area contributed by atoms with Crippen LogP contribution in [0.5, 0.6) is 5.75 Å². The Morgan fingerprint density at radius 2 is 2.25 bits per heavy atom. The number of rotatable bonds is 6. The van der Waals surface area contributed by atoms with Crippen molar-refractivity contribution in [2.24, 2.45) is 0 Å². The second kappa shape index (κ2) is 7.41. The topological polar surface area (TPSA) is 94.8 Å². The molecule has 2 heterocycles. The number of carbonyl (C=O) groups excluding carboxylic acids is 1. The van der Waals surface area contributed by atoms with Crippen LogP contribution in [0.25, 0.3) is 5.69 Å². The number of hydrogen-bond donors (Lipinski definition) is 1. The molecule has 3 aromatic rings. The van der Waals surface area contributed by atoms with Gasteiger partial charge >= 0.3 is 0 Å². The quantitative estimate of drug-likeness (QED) is 0.672. The molecule has 0 aliphatic carbocycles. The second-order valence-electron chi connectivity index (χ2n) is 4.63. The highest BCUT2D eigenvalue weighted by molar-refractivity contribution is 8.00. The number of aromatic nitrogens is 5. The summed E-state index contributed by atoms with van der Waals surface area (Å²) in [5.74, 6) is 0.482. The zero-order valence-electron chi connectivity index (χ0n) is 12.9. The average Bonchev–Trinajstić information content (AvgIpc) is 3.26. The van der Waals surface area contributed by atoms with E-state index in [1.54, 1.807) is 30.3 Å². The van der Waals surface area contributed by atoms with Gasteiger partial charge in [-0.2, -0.15) is 4.68 Å². The number of hydrogen-bond acceptors (Lipinski definition) is 8. The van der Waals surface area contributed by atoms with Crippen molar-refractivity contribution in [2.45, 2.75) is 17.3 Å². The largest absolute Gasteiger partial charge is 0.494 e. The molecule has 1 atom stereocenters. The molecule has 0 saturated carbocycles. The normalized spacial score (nSPS) is 11.9. The van der Waals surface area contributed by atoms with Crippen LogP contribution in [-0.2, 0) is 4.79 Å². The van der Waals surface area contributed by atoms with E-state index >= 15 is 0 Å². The summed E-state index contributed by atoms with van der Waals surface area (Å²) in [6.45, 7) is 1.79. The Morgan fingerprint density at radius 1 is 1.42 bits per heavy atom. The first-order valence-electron chi connectivity index (χ1n) is 6.98. The molecule has 8 nitrogen and oxygen atoms in total. The lowest BCUT2D eigenvalue weighted by Crippen LogP contribution is -2.22. The van der Waals surface area contributed by atoms with Gasteiger partial charge in [-0.1, -0.05) is 23.9 Å². The maximum absolute atomic E-state index is 12.2. The Hall–Kier alpha value is -2.46. The molecule has 0 fully saturated rings. The summed E-state index contributed by atoms with van der Waals surface area (Å²) in [5, 5.41) is 16.9. The number of nitrogens with zero attached hydrogens (tertiary/aromatic N) is 5. The molecule has 1 amide bonds. The highest BCUT2D eigenvalue weighted by Crippen LogP contribution is 2.28. The van der Waals surface area contributed by atoms with Gasteiger partial charge in [0.1, 0.15) is 11.4 Å². The Kier molecular flexibility index (Phi) is 5.06. The van der Waals surface area contributed by atoms with Crippen molar-refractivity contribution >= 4 is 34.1 Å². The summed E-state index contributed by atoms with van der Waals surface area (Å²) in [4.78, 5) is 16.3. The van der Waals surface area contributed by atoms with E-state index in [4.69, 9.17) is 4.74 Å². The number of para-hydroxylation sites is 2. The van der Waals surface area contributed by atoms with Gasteiger partial charge < -0.3 is 10.1 Å². The molecular weight excluding hydrogens is 348 g/mol. The molecule has 124 valence electrons. The van der Waals surface area contributed by atoms with Crippen LogP contribution < -0.4 is 10.1 Å². The summed E-state index contributed by atoms with van der Waals surface area (Å²) >= 11 is 2.62. The Balaban J connectivity index is 1.77. The molecule has 1 N–H and O–H groups in total. The van der Waals surface area contributed by atoms with Crippen LogP contribution in [0.1, 0.15) is 6.92 Å². The monoisotopic (exact) mass is 362 g/mol. The number of methoxy groups -OCH3 is 1. The van der Waals surface area contributed by atoms with E-state index in [1.165, 1.54) is 23.1 Å². The van der Waals surface area contributed by atoms with Crippen molar-refractivity contribution in [3.8, 4) is 11.4 Å². The molecule has 2 aromatic heterocycles. The Labute approximate surface area is 146 Å². The number of thiazole rings is 1. The minimum atomic E-state index is -0.395. The molecule has 3 rings (SSSR count). The van der Waals surface area contributed by atoms with Gasteiger partial charge in [0.05, 0.1) is 12.4 Å². The van der Waals surface area contributed by atoms with Gasteiger partial charge in [-0.15, -0.1) is 16.4 Å². The van der Waals surface area contributed by atoms with Crippen LogP contribution in [0.15, 0.2) is 41.0 Å². The molecule has 0 unspecified atom stereocenters. The number of nitrogens with one attached hydrogen (secondary N) is 1. The van der Waals surface area contributed by atoms with Crippen molar-refractivity contribution in [3.05, 3.63) is 35.8 Å². The van der Waals surface area contributed by atoms with E-state index in [0.717, 1.165) is 0 Å². The fraction of sp³-hybridized carbons (Fsp3) is 0.214. The van der Waals surface area contributed by atoms with Crippen LogP contribution in [0.4, 0.5) is 5.13 Å². The van der Waals surface area contributed by atoms with E-state index in [9.17, 15) is 4.79 Å². The number of thioether (sulfide) groups is 1. The van der Waals surface area contributed by atoms with Gasteiger partial charge in [0, 0.05) is 11.6 Å². The molecule has 1 aromatic carbocycles. The number of ether oxygens (including phenoxy) is 1. The van der Waals surface area contributed by atoms with Gasteiger partial charge in [0.2, 0.25) is 11.1 Å². The van der Waals surface area contributed by atoms with E-state index in [-0.39, 0.29) is 5.91 Å². The first-order valence-corrected chi connectivity index (χ1v) is 8.73. The fourth-order valence-corrected chi connectivity index (χ4v) is 3.24. The predicted octanol–water partition coefficient (Wildman–Crippen LogP) is 2.25. The number of amides is 1. The molecule has 0 aliphatic heterocycles. The molecular formula is C14H14N6O2S2. The van der Waals surface area contributed by atoms with Crippen molar-refractivity contribution in [3.63, 3.8) is 0 Å². The smallest absolute Gasteiger partial charge is 0.239 e. The fourth-order valence-electron chi connectivity index (χ4n) is 1.91. The SMILES string of the molecule is COc1ccccc1-n1nnnc1S[C@@H](C)C(=O)Nc1nccs1. The Morgan fingerprint density at radius 3 is 3.00 bits per heavy atom. The van der Waals surface area contributed by atoms with Crippen LogP contribution in [0.3, 0.4) is 0 Å². The maximum atomic E-state index is 12.2. The van der Waals surface area contributed by atoms with Gasteiger partial charge in [-0.25, -0.2) is 4.98 Å². The second-order valence-corrected chi connectivity index (χ2v) is 6.83. The highest BCUT2D eigenvalue weighted by Gasteiger charge is 2.21. The van der Waals surface area contributed by atoms with Gasteiger partial charge in [-0.05, 0) is 29.5 Å². The Bertz CT molecular complexity index is 820. The molecule has 0 bridgehead atoms. The number of tetrazole rings is 1. The number of anilines is 1. The summed E-state index contributed by atoms with van der Waals surface area (Å²) in [6, 6.07) is 7.40. The van der Waals surface area contributed by atoms with E-state index < -0.39 is 5.25 Å². The lowest BCUT2D eigenvalue weighted by atomic mass is 10.3. The van der Waals surface area contributed by atoms with E-state index in [0.29, 0.717) is 21.7 Å². The maximum Gasteiger partial charge on any atom is 0.239 e. The number of benzene rings is 1. The zero-order valence-corrected chi connectivity index (χ0v) is 14.5. The third kappa shape index (κ3) is 3.54. The van der Waals surface area contributed by atoms with Crippen LogP contribution >= 0.6 is 23.1 Å². The minimum Gasteiger partial charge on any atom is -0.494 e. The lowest BCUT2D eigenvalue weighted by Gasteiger charge is -2.11. The highest BCUT2D eigenvalue weighted by atomic mass is 32.2. The third-order valence-electron chi connectivity index (χ3n) is 3.07. The van der Waals surface area contributed by atoms with Crippen molar-refractivity contribution in [1.29, 1.82) is 0 Å². The standard InChI is InChI=1S/C14H14N6O2S2/c1-9(12(21)16-13-15-7-8-23-13)24-14-17-18-19-20(14)10-5-3-4-6-11(10)22-2/h3-9H,1-2H3,(H,15,16,21)/t9-/m0/s1. The molecule has 0 saturated heterocycles. The van der Waals surface area contributed by atoms with Crippen molar-refractivity contribution in [1.82, 2.24) is 25.2 Å². The number of carbonyl (C=O) groups is 1. The first kappa shape index (κ1) is 16.4. The third-order valence-corrected chi connectivity index (χ3v) is 4.79. The minimum absolute atomic E-state index is 0.162. The summed E-state index contributed by atoms with van der Waals surface area (Å²) in [7, 11) is 1.58. The van der Waals surface area contributed by atoms with E-state index in [2.05, 4.69) is 25.8 Å². The lowest BCUT2D eigenvalue weighted by molar-refractivity contribution is -0.115. The van der Waals surface area contributed by atoms with Gasteiger partial charge in [0.25, 0.3) is 0 Å². The van der Waals surface area contributed by atoms with Gasteiger partial charge in [-0.3, -0.25) is 4.79 Å². The van der Waals surface area contributed by atoms with Gasteiger partial charge in [0.15, 0.2) is 5.13 Å². The molecule has 0 radical (unpaired) electrons. The zero-order chi connectivity index (χ0) is 16.9. The van der Waals surface area contributed by atoms with Crippen molar-refractivity contribution < 1.29 is 9.53 Å². The van der Waals surface area contributed by atoms with E-state index in [1.807, 2.05) is 24.3 Å². The molecule has 0 spiro atoms.